The summed E-state index contributed by atoms with van der Waals surface area (Å²) in [6, 6.07) is 5.90. The Balaban J connectivity index is 2.15. The number of nitrogens with zero attached hydrogens (tertiary/aromatic N) is 1. The number of aryl methyl sites for hydroxylation is 3. The third-order valence-corrected chi connectivity index (χ3v) is 4.47. The number of nitrogens with one attached hydrogen (secondary N) is 1. The molecule has 0 aliphatic heterocycles. The lowest BCUT2D eigenvalue weighted by molar-refractivity contribution is -0.128. The summed E-state index contributed by atoms with van der Waals surface area (Å²) in [7, 11) is 0. The molecule has 5 heteroatoms. The maximum atomic E-state index is 12.7. The third-order valence-electron chi connectivity index (χ3n) is 4.47. The van der Waals surface area contributed by atoms with E-state index in [9.17, 15) is 14.4 Å². The highest BCUT2D eigenvalue weighted by atomic mass is 16.2. The quantitative estimate of drug-likeness (QED) is 0.664. The average Bonchev–Trinajstić information content (AvgIpc) is 2.74. The Morgan fingerprint density at radius 1 is 1.25 bits per heavy atom. The highest BCUT2D eigenvalue weighted by Gasteiger charge is 2.43. The number of rotatable bonds is 5. The SMILES string of the molecule is Cc1cc(C)c(C2C(=O)CC(CC(=O)NCCC#N)C2=O)c(C)c1. The number of benzene rings is 1. The molecule has 0 aromatic heterocycles. The first-order chi connectivity index (χ1) is 11.3. The predicted molar refractivity (Wildman–Crippen MR) is 89.4 cm³/mol. The fraction of sp³-hybridized carbons (Fsp3) is 0.474. The van der Waals surface area contributed by atoms with Gasteiger partial charge >= 0.3 is 0 Å². The van der Waals surface area contributed by atoms with Crippen LogP contribution in [0.15, 0.2) is 12.1 Å². The molecule has 0 heterocycles. The van der Waals surface area contributed by atoms with E-state index in [1.807, 2.05) is 39.0 Å². The summed E-state index contributed by atoms with van der Waals surface area (Å²) in [6.45, 7) is 6.08. The minimum atomic E-state index is -0.748. The van der Waals surface area contributed by atoms with E-state index in [0.717, 1.165) is 22.3 Å². The topological polar surface area (TPSA) is 87.0 Å². The lowest BCUT2D eigenvalue weighted by atomic mass is 9.86. The van der Waals surface area contributed by atoms with Gasteiger partial charge in [-0.1, -0.05) is 17.7 Å². The number of Topliss-reactive ketones (excluding diaryl/α,β-unsaturated/α-hetero) is 2. The van der Waals surface area contributed by atoms with Crippen LogP contribution in [0.1, 0.15) is 47.4 Å². The molecule has 0 saturated heterocycles. The molecule has 1 N–H and O–H groups in total. The minimum Gasteiger partial charge on any atom is -0.355 e. The Bertz CT molecular complexity index is 708. The highest BCUT2D eigenvalue weighted by Crippen LogP contribution is 2.37. The second kappa shape index (κ2) is 7.39. The summed E-state index contributed by atoms with van der Waals surface area (Å²) in [4.78, 5) is 37.0. The molecule has 126 valence electrons. The monoisotopic (exact) mass is 326 g/mol. The van der Waals surface area contributed by atoms with Gasteiger partial charge in [-0.05, 0) is 37.5 Å². The van der Waals surface area contributed by atoms with E-state index in [4.69, 9.17) is 5.26 Å². The van der Waals surface area contributed by atoms with E-state index in [1.54, 1.807) is 0 Å². The Labute approximate surface area is 142 Å². The van der Waals surface area contributed by atoms with Crippen molar-refractivity contribution in [3.8, 4) is 6.07 Å². The van der Waals surface area contributed by atoms with Crippen LogP contribution in [0.4, 0.5) is 0 Å². The highest BCUT2D eigenvalue weighted by molar-refractivity contribution is 6.15. The number of hydrogen-bond donors (Lipinski definition) is 1. The first-order valence-electron chi connectivity index (χ1n) is 8.13. The molecular formula is C19H22N2O3. The van der Waals surface area contributed by atoms with Gasteiger partial charge in [0.25, 0.3) is 0 Å². The minimum absolute atomic E-state index is 0.0104. The van der Waals surface area contributed by atoms with E-state index in [0.29, 0.717) is 0 Å². The molecule has 5 nitrogen and oxygen atoms in total. The van der Waals surface area contributed by atoms with Gasteiger partial charge in [-0.2, -0.15) is 5.26 Å². The van der Waals surface area contributed by atoms with Gasteiger partial charge in [-0.15, -0.1) is 0 Å². The molecule has 24 heavy (non-hydrogen) atoms. The molecule has 1 saturated carbocycles. The maximum absolute atomic E-state index is 12.7. The zero-order chi connectivity index (χ0) is 17.9. The van der Waals surface area contributed by atoms with Crippen LogP contribution in [0.2, 0.25) is 0 Å². The molecule has 1 aromatic rings. The van der Waals surface area contributed by atoms with Crippen molar-refractivity contribution in [3.05, 3.63) is 34.4 Å². The molecule has 0 bridgehead atoms. The Morgan fingerprint density at radius 2 is 1.88 bits per heavy atom. The molecule has 1 aliphatic rings. The molecular weight excluding hydrogens is 304 g/mol. The van der Waals surface area contributed by atoms with Gasteiger partial charge in [-0.25, -0.2) is 0 Å². The van der Waals surface area contributed by atoms with Crippen molar-refractivity contribution in [2.24, 2.45) is 5.92 Å². The fourth-order valence-electron chi connectivity index (χ4n) is 3.53. The van der Waals surface area contributed by atoms with Gasteiger partial charge in [0.2, 0.25) is 5.91 Å². The van der Waals surface area contributed by atoms with E-state index in [-0.39, 0.29) is 43.3 Å². The van der Waals surface area contributed by atoms with Crippen molar-refractivity contribution in [2.75, 3.05) is 6.54 Å². The molecule has 0 radical (unpaired) electrons. The van der Waals surface area contributed by atoms with Crippen LogP contribution in [0.3, 0.4) is 0 Å². The van der Waals surface area contributed by atoms with Crippen LogP contribution in [-0.2, 0) is 14.4 Å². The van der Waals surface area contributed by atoms with Gasteiger partial charge < -0.3 is 5.32 Å². The molecule has 2 unspecified atom stereocenters. The van der Waals surface area contributed by atoms with Crippen molar-refractivity contribution >= 4 is 17.5 Å². The molecule has 1 aromatic carbocycles. The van der Waals surface area contributed by atoms with Crippen molar-refractivity contribution in [3.63, 3.8) is 0 Å². The van der Waals surface area contributed by atoms with Gasteiger partial charge in [-0.3, -0.25) is 14.4 Å². The molecule has 1 fully saturated rings. The second-order valence-corrected chi connectivity index (χ2v) is 6.48. The van der Waals surface area contributed by atoms with E-state index in [2.05, 4.69) is 5.32 Å². The Hall–Kier alpha value is -2.48. The average molecular weight is 326 g/mol. The summed E-state index contributed by atoms with van der Waals surface area (Å²) in [6.07, 6.45) is 0.353. The molecule has 1 aliphatic carbocycles. The standard InChI is InChI=1S/C19H22N2O3/c1-11-7-12(2)17(13(3)8-11)18-15(22)9-14(19(18)24)10-16(23)21-6-4-5-20/h7-8,14,18H,4,6,9-10H2,1-3H3,(H,21,23). The Morgan fingerprint density at radius 3 is 2.46 bits per heavy atom. The van der Waals surface area contributed by atoms with Crippen LogP contribution in [0, 0.1) is 38.0 Å². The van der Waals surface area contributed by atoms with Gasteiger partial charge in [0.1, 0.15) is 11.7 Å². The van der Waals surface area contributed by atoms with Gasteiger partial charge in [0, 0.05) is 25.3 Å². The maximum Gasteiger partial charge on any atom is 0.220 e. The summed E-state index contributed by atoms with van der Waals surface area (Å²) in [5.41, 5.74) is 3.78. The molecule has 2 atom stereocenters. The summed E-state index contributed by atoms with van der Waals surface area (Å²) >= 11 is 0. The number of ketones is 2. The lowest BCUT2D eigenvalue weighted by Crippen LogP contribution is -2.28. The summed E-state index contributed by atoms with van der Waals surface area (Å²) in [5.74, 6) is -1.86. The Kier molecular flexibility index (Phi) is 5.50. The third kappa shape index (κ3) is 3.70. The fourth-order valence-corrected chi connectivity index (χ4v) is 3.53. The number of carbonyl (C=O) groups is 3. The first-order valence-corrected chi connectivity index (χ1v) is 8.13. The smallest absolute Gasteiger partial charge is 0.220 e. The van der Waals surface area contributed by atoms with Gasteiger partial charge in [0.15, 0.2) is 5.78 Å². The van der Waals surface area contributed by atoms with Crippen LogP contribution in [-0.4, -0.2) is 24.0 Å². The van der Waals surface area contributed by atoms with Crippen LogP contribution < -0.4 is 5.32 Å². The molecule has 0 spiro atoms. The van der Waals surface area contributed by atoms with Crippen LogP contribution in [0.25, 0.3) is 0 Å². The second-order valence-electron chi connectivity index (χ2n) is 6.48. The van der Waals surface area contributed by atoms with Crippen molar-refractivity contribution in [1.29, 1.82) is 5.26 Å². The molecule has 2 rings (SSSR count). The van der Waals surface area contributed by atoms with E-state index >= 15 is 0 Å². The largest absolute Gasteiger partial charge is 0.355 e. The predicted octanol–water partition coefficient (Wildman–Crippen LogP) is 2.27. The van der Waals surface area contributed by atoms with Gasteiger partial charge in [0.05, 0.1) is 12.5 Å². The number of nitriles is 1. The molecule has 1 amide bonds. The van der Waals surface area contributed by atoms with Crippen molar-refractivity contribution in [2.45, 2.75) is 46.0 Å². The van der Waals surface area contributed by atoms with Crippen LogP contribution >= 0.6 is 0 Å². The summed E-state index contributed by atoms with van der Waals surface area (Å²) < 4.78 is 0. The normalized spacial score (nSPS) is 20.1. The van der Waals surface area contributed by atoms with E-state index in [1.165, 1.54) is 0 Å². The van der Waals surface area contributed by atoms with Crippen molar-refractivity contribution in [1.82, 2.24) is 5.32 Å². The number of hydrogen-bond acceptors (Lipinski definition) is 4. The summed E-state index contributed by atoms with van der Waals surface area (Å²) in [5, 5.41) is 11.1. The first kappa shape index (κ1) is 17.9. The lowest BCUT2D eigenvalue weighted by Gasteiger charge is -2.16. The number of carbonyl (C=O) groups excluding carboxylic acids is 3. The van der Waals surface area contributed by atoms with E-state index < -0.39 is 11.8 Å². The van der Waals surface area contributed by atoms with Crippen LogP contribution in [0.5, 0.6) is 0 Å². The zero-order valence-electron chi connectivity index (χ0n) is 14.3. The van der Waals surface area contributed by atoms with Crippen molar-refractivity contribution < 1.29 is 14.4 Å². The zero-order valence-corrected chi connectivity index (χ0v) is 14.3. The number of amides is 1.